The van der Waals surface area contributed by atoms with Crippen molar-refractivity contribution in [3.05, 3.63) is 144 Å². The highest BCUT2D eigenvalue weighted by Gasteiger charge is 2.44. The van der Waals surface area contributed by atoms with Gasteiger partial charge >= 0.3 is 0 Å². The van der Waals surface area contributed by atoms with Gasteiger partial charge < -0.3 is 43.2 Å². The molecule has 10 heteroatoms. The molecule has 8 atom stereocenters. The zero-order chi connectivity index (χ0) is 55.2. The molecule has 1 amide bonds. The lowest BCUT2D eigenvalue weighted by atomic mass is 9.84. The van der Waals surface area contributed by atoms with Crippen molar-refractivity contribution in [2.75, 3.05) is 39.6 Å². The van der Waals surface area contributed by atoms with Crippen molar-refractivity contribution in [1.29, 1.82) is 0 Å². The maximum atomic E-state index is 14.4. The Hall–Kier alpha value is -3.97. The van der Waals surface area contributed by atoms with Gasteiger partial charge in [-0.1, -0.05) is 245 Å². The van der Waals surface area contributed by atoms with Crippen LogP contribution in [0.5, 0.6) is 0 Å². The molecule has 0 aromatic heterocycles. The van der Waals surface area contributed by atoms with Crippen LogP contribution >= 0.6 is 0 Å². The molecule has 0 aliphatic carbocycles. The van der Waals surface area contributed by atoms with Crippen LogP contribution in [0.3, 0.4) is 0 Å². The second-order valence-electron chi connectivity index (χ2n) is 22.8. The minimum Gasteiger partial charge on any atom is -0.381 e. The van der Waals surface area contributed by atoms with Gasteiger partial charge in [0, 0.05) is 38.8 Å². The molecule has 2 fully saturated rings. The zero-order valence-electron chi connectivity index (χ0n) is 49.0. The lowest BCUT2D eigenvalue weighted by Gasteiger charge is -2.45. The fourth-order valence-electron chi connectivity index (χ4n) is 11.1. The Morgan fingerprint density at radius 3 is 1.63 bits per heavy atom. The summed E-state index contributed by atoms with van der Waals surface area (Å²) in [4.78, 5) is 14.4. The average Bonchev–Trinajstić information content (AvgIpc) is 3.51. The van der Waals surface area contributed by atoms with Crippen molar-refractivity contribution < 1.29 is 42.7 Å². The quantitative estimate of drug-likeness (QED) is 0.0434. The topological polar surface area (TPSA) is 103 Å². The van der Waals surface area contributed by atoms with E-state index in [1.807, 2.05) is 60.7 Å². The van der Waals surface area contributed by atoms with Crippen molar-refractivity contribution >= 4 is 5.91 Å². The van der Waals surface area contributed by atoms with Gasteiger partial charge in [0.1, 0.15) is 12.2 Å². The molecule has 6 rings (SSSR count). The number of nitrogens with one attached hydrogen (secondary N) is 1. The zero-order valence-corrected chi connectivity index (χ0v) is 49.0. The van der Waals surface area contributed by atoms with Crippen LogP contribution in [0.1, 0.15) is 184 Å². The van der Waals surface area contributed by atoms with Crippen LogP contribution < -0.4 is 5.32 Å². The first kappa shape index (κ1) is 64.2. The van der Waals surface area contributed by atoms with E-state index in [9.17, 15) is 4.79 Å². The first-order valence-corrected chi connectivity index (χ1v) is 31.3. The molecule has 4 aromatic carbocycles. The minimum atomic E-state index is -0.585. The summed E-state index contributed by atoms with van der Waals surface area (Å²) in [6.07, 6.45) is 23.0. The molecule has 4 aromatic rings. The number of ether oxygens (including phenoxy) is 8. The Balaban J connectivity index is 1.15. The minimum absolute atomic E-state index is 0.00291. The molecule has 1 N–H and O–H groups in total. The van der Waals surface area contributed by atoms with Gasteiger partial charge in [-0.25, -0.2) is 0 Å². The van der Waals surface area contributed by atoms with Gasteiger partial charge in [0.2, 0.25) is 5.91 Å². The highest BCUT2D eigenvalue weighted by atomic mass is 16.7. The number of carbonyl (C=O) groups is 1. The average molecular weight is 1090 g/mol. The van der Waals surface area contributed by atoms with Crippen molar-refractivity contribution in [3.63, 3.8) is 0 Å². The summed E-state index contributed by atoms with van der Waals surface area (Å²) in [5.74, 6) is 0.681. The Labute approximate surface area is 478 Å². The molecule has 79 heavy (non-hydrogen) atoms. The van der Waals surface area contributed by atoms with Gasteiger partial charge in [-0.2, -0.15) is 0 Å². The molecule has 5 unspecified atom stereocenters. The van der Waals surface area contributed by atoms with Crippen LogP contribution in [0.2, 0.25) is 0 Å². The van der Waals surface area contributed by atoms with E-state index in [1.165, 1.54) is 64.2 Å². The Kier molecular flexibility index (Phi) is 32.7. The molecular weight excluding hydrogens is 987 g/mol. The predicted octanol–water partition coefficient (Wildman–Crippen LogP) is 15.7. The summed E-state index contributed by atoms with van der Waals surface area (Å²) in [6.45, 7) is 12.4. The van der Waals surface area contributed by atoms with Crippen molar-refractivity contribution in [3.8, 4) is 0 Å². The molecule has 2 saturated heterocycles. The van der Waals surface area contributed by atoms with E-state index in [4.69, 9.17) is 37.9 Å². The number of benzene rings is 4. The van der Waals surface area contributed by atoms with Gasteiger partial charge in [0.25, 0.3) is 0 Å². The molecule has 0 bridgehead atoms. The van der Waals surface area contributed by atoms with Crippen molar-refractivity contribution in [2.24, 2.45) is 17.8 Å². The summed E-state index contributed by atoms with van der Waals surface area (Å²) in [5.41, 5.74) is 4.38. The van der Waals surface area contributed by atoms with Crippen LogP contribution in [-0.4, -0.2) is 82.3 Å². The number of rotatable bonds is 43. The van der Waals surface area contributed by atoms with E-state index in [2.05, 4.69) is 86.8 Å². The highest BCUT2D eigenvalue weighted by molar-refractivity contribution is 5.76. The fourth-order valence-corrected chi connectivity index (χ4v) is 11.1. The summed E-state index contributed by atoms with van der Waals surface area (Å²) < 4.78 is 52.8. The molecule has 2 aliphatic rings. The normalized spacial score (nSPS) is 20.0. The van der Waals surface area contributed by atoms with Gasteiger partial charge in [0.05, 0.1) is 57.9 Å². The monoisotopic (exact) mass is 1090 g/mol. The number of carbonyl (C=O) groups excluding carboxylic acids is 1. The second kappa shape index (κ2) is 40.3. The SMILES string of the molecule is CCCCCCCCCCCCCC[C@@H](OCc1ccccc1)[C@@H](OCc1ccccc1)[C@H](COC1OC(COCc2ccccc2)C(OCc2ccccc2)C(C)C1C)NC(=O)CCCCCCCCOCC1CCOCC1. The molecule has 0 spiro atoms. The number of amides is 1. The molecule has 2 heterocycles. The van der Waals surface area contributed by atoms with Crippen LogP contribution in [0.25, 0.3) is 0 Å². The Morgan fingerprint density at radius 1 is 0.544 bits per heavy atom. The Morgan fingerprint density at radius 2 is 1.05 bits per heavy atom. The summed E-state index contributed by atoms with van der Waals surface area (Å²) in [6, 6.07) is 40.8. The van der Waals surface area contributed by atoms with E-state index in [-0.39, 0.29) is 42.7 Å². The Bertz CT molecular complexity index is 2070. The molecule has 0 radical (unpaired) electrons. The molecule has 0 saturated carbocycles. The van der Waals surface area contributed by atoms with E-state index in [1.54, 1.807) is 0 Å². The van der Waals surface area contributed by atoms with E-state index in [0.717, 1.165) is 119 Å². The number of hydrogen-bond donors (Lipinski definition) is 1. The lowest BCUT2D eigenvalue weighted by Crippen LogP contribution is -2.56. The fraction of sp³-hybridized carbons (Fsp3) is 0.638. The van der Waals surface area contributed by atoms with Crippen LogP contribution in [0.4, 0.5) is 0 Å². The van der Waals surface area contributed by atoms with Gasteiger partial charge in [0.15, 0.2) is 6.29 Å². The van der Waals surface area contributed by atoms with E-state index in [0.29, 0.717) is 45.4 Å². The summed E-state index contributed by atoms with van der Waals surface area (Å²) in [5, 5.41) is 3.51. The van der Waals surface area contributed by atoms with Crippen LogP contribution in [0, 0.1) is 17.8 Å². The smallest absolute Gasteiger partial charge is 0.220 e. The third-order valence-electron chi connectivity index (χ3n) is 16.3. The first-order valence-electron chi connectivity index (χ1n) is 31.3. The standard InChI is InChI=1S/C69H103NO9/c1-4-5-6-7-8-9-10-11-12-13-16-31-42-64(75-51-59-36-25-20-26-37-59)68(77-53-61-40-29-22-30-41-61)63(70-66(71)43-32-17-14-15-18-33-46-73-49-62-44-47-72-48-45-62)54-78-69-57(3)56(2)67(76-52-60-38-27-21-28-39-60)65(79-69)55-74-50-58-34-23-19-24-35-58/h19-30,34-41,56-57,62-65,67-69H,4-18,31-33,42-55H2,1-3H3,(H,70,71)/t56?,57?,63-,64+,65?,67?,68-,69?/m0/s1. The van der Waals surface area contributed by atoms with E-state index >= 15 is 0 Å². The molecular formula is C69H103NO9. The number of unbranched alkanes of at least 4 members (excludes halogenated alkanes) is 16. The second-order valence-corrected chi connectivity index (χ2v) is 22.8. The summed E-state index contributed by atoms with van der Waals surface area (Å²) in [7, 11) is 0. The van der Waals surface area contributed by atoms with E-state index < -0.39 is 18.4 Å². The maximum Gasteiger partial charge on any atom is 0.220 e. The van der Waals surface area contributed by atoms with Crippen LogP contribution in [-0.2, 0) is 69.1 Å². The third kappa shape index (κ3) is 26.2. The van der Waals surface area contributed by atoms with Crippen LogP contribution in [0.15, 0.2) is 121 Å². The van der Waals surface area contributed by atoms with Gasteiger partial charge in [-0.3, -0.25) is 4.79 Å². The molecule has 438 valence electrons. The molecule has 2 aliphatic heterocycles. The first-order chi connectivity index (χ1) is 39.0. The van der Waals surface area contributed by atoms with Crippen molar-refractivity contribution in [1.82, 2.24) is 5.32 Å². The predicted molar refractivity (Wildman–Crippen MR) is 318 cm³/mol. The largest absolute Gasteiger partial charge is 0.381 e. The third-order valence-corrected chi connectivity index (χ3v) is 16.3. The van der Waals surface area contributed by atoms with Gasteiger partial charge in [-0.05, 0) is 66.2 Å². The highest BCUT2D eigenvalue weighted by Crippen LogP contribution is 2.35. The van der Waals surface area contributed by atoms with Crippen molar-refractivity contribution in [2.45, 2.75) is 225 Å². The maximum absolute atomic E-state index is 14.4. The molecule has 10 nitrogen and oxygen atoms in total. The lowest BCUT2D eigenvalue weighted by molar-refractivity contribution is -0.283. The summed E-state index contributed by atoms with van der Waals surface area (Å²) >= 11 is 0. The number of hydrogen-bond acceptors (Lipinski definition) is 9. The van der Waals surface area contributed by atoms with Gasteiger partial charge in [-0.15, -0.1) is 0 Å².